The van der Waals surface area contributed by atoms with E-state index in [1.54, 1.807) is 0 Å². The normalized spacial score (nSPS) is 23.5. The third-order valence-electron chi connectivity index (χ3n) is 2.55. The topological polar surface area (TPSA) is 23.1 Å². The third-order valence-corrected chi connectivity index (χ3v) is 2.55. The van der Waals surface area contributed by atoms with Crippen molar-refractivity contribution in [2.24, 2.45) is 0 Å². The molecule has 0 aromatic heterocycles. The molecule has 11 heavy (non-hydrogen) atoms. The summed E-state index contributed by atoms with van der Waals surface area (Å²) < 4.78 is 0.105. The van der Waals surface area contributed by atoms with E-state index in [1.807, 2.05) is 0 Å². The maximum absolute atomic E-state index is 11.8. The van der Waals surface area contributed by atoms with Crippen LogP contribution >= 0.6 is 0 Å². The maximum atomic E-state index is 11.8. The zero-order chi connectivity index (χ0) is 8.16. The fourth-order valence-electron chi connectivity index (χ4n) is 1.76. The van der Waals surface area contributed by atoms with Crippen molar-refractivity contribution in [3.8, 4) is 0 Å². The second kappa shape index (κ2) is 4.07. The molecule has 1 aliphatic heterocycles. The highest BCUT2D eigenvalue weighted by Crippen LogP contribution is 2.17. The molecule has 0 unspecified atom stereocenters. The number of piperidine rings is 1. The summed E-state index contributed by atoms with van der Waals surface area (Å²) in [6.07, 6.45) is 5.82. The lowest BCUT2D eigenvalue weighted by molar-refractivity contribution is -0.885. The van der Waals surface area contributed by atoms with Crippen LogP contribution in [-0.4, -0.2) is 24.3 Å². The first-order valence-electron chi connectivity index (χ1n) is 4.84. The molecule has 0 amide bonds. The first-order chi connectivity index (χ1) is 5.27. The average molecular weight is 157 g/mol. The summed E-state index contributed by atoms with van der Waals surface area (Å²) in [5, 5.41) is 11.8. The molecule has 1 heterocycles. The van der Waals surface area contributed by atoms with E-state index in [1.165, 1.54) is 6.42 Å². The lowest BCUT2D eigenvalue weighted by atomic mass is 10.1. The third kappa shape index (κ3) is 2.80. The van der Waals surface area contributed by atoms with Gasteiger partial charge in [0.1, 0.15) is 0 Å². The number of likely N-dealkylation sites (tertiary alicyclic amines) is 1. The van der Waals surface area contributed by atoms with Crippen molar-refractivity contribution in [2.45, 2.75) is 39.0 Å². The summed E-state index contributed by atoms with van der Waals surface area (Å²) in [5.41, 5.74) is 0. The molecule has 0 aliphatic carbocycles. The number of hydrogen-bond acceptors (Lipinski definition) is 1. The van der Waals surface area contributed by atoms with Crippen LogP contribution in [0.25, 0.3) is 0 Å². The van der Waals surface area contributed by atoms with Crippen LogP contribution < -0.4 is 0 Å². The van der Waals surface area contributed by atoms with E-state index in [9.17, 15) is 5.21 Å². The van der Waals surface area contributed by atoms with Gasteiger partial charge in [0, 0.05) is 0 Å². The van der Waals surface area contributed by atoms with Gasteiger partial charge in [0.2, 0.25) is 0 Å². The number of nitrogens with zero attached hydrogens (tertiary/aromatic N) is 1. The van der Waals surface area contributed by atoms with E-state index >= 15 is 0 Å². The smallest absolute Gasteiger partial charge is 0.0783 e. The van der Waals surface area contributed by atoms with Gasteiger partial charge in [-0.15, -0.1) is 0 Å². The zero-order valence-electron chi connectivity index (χ0n) is 7.51. The summed E-state index contributed by atoms with van der Waals surface area (Å²) in [5.74, 6) is 0. The summed E-state index contributed by atoms with van der Waals surface area (Å²) in [7, 11) is 0. The predicted octanol–water partition coefficient (Wildman–Crippen LogP) is 2.29. The van der Waals surface area contributed by atoms with E-state index in [0.717, 1.165) is 45.3 Å². The van der Waals surface area contributed by atoms with Crippen molar-refractivity contribution in [1.29, 1.82) is 0 Å². The zero-order valence-corrected chi connectivity index (χ0v) is 7.51. The van der Waals surface area contributed by atoms with Crippen molar-refractivity contribution in [3.63, 3.8) is 0 Å². The molecule has 1 saturated heterocycles. The van der Waals surface area contributed by atoms with Gasteiger partial charge >= 0.3 is 0 Å². The number of rotatable bonds is 3. The Morgan fingerprint density at radius 1 is 1.18 bits per heavy atom. The van der Waals surface area contributed by atoms with Crippen LogP contribution in [0.1, 0.15) is 39.0 Å². The van der Waals surface area contributed by atoms with Gasteiger partial charge in [-0.1, -0.05) is 13.3 Å². The van der Waals surface area contributed by atoms with Crippen molar-refractivity contribution < 1.29 is 4.65 Å². The number of quaternary nitrogens is 1. The van der Waals surface area contributed by atoms with Gasteiger partial charge in [0.25, 0.3) is 0 Å². The van der Waals surface area contributed by atoms with E-state index in [4.69, 9.17) is 0 Å². The molecule has 0 N–H and O–H groups in total. The SMILES string of the molecule is CCCC[N+]1([O-])CCCCC1. The monoisotopic (exact) mass is 157 g/mol. The van der Waals surface area contributed by atoms with Crippen LogP contribution in [0.15, 0.2) is 0 Å². The Hall–Kier alpha value is -0.0800. The van der Waals surface area contributed by atoms with Gasteiger partial charge in [0.05, 0.1) is 19.6 Å². The molecule has 0 radical (unpaired) electrons. The highest BCUT2D eigenvalue weighted by molar-refractivity contribution is 4.54. The van der Waals surface area contributed by atoms with Crippen molar-refractivity contribution in [3.05, 3.63) is 5.21 Å². The predicted molar refractivity (Wildman–Crippen MR) is 47.0 cm³/mol. The van der Waals surface area contributed by atoms with Gasteiger partial charge in [-0.05, 0) is 25.7 Å². The van der Waals surface area contributed by atoms with E-state index in [2.05, 4.69) is 6.92 Å². The second-order valence-electron chi connectivity index (χ2n) is 3.64. The second-order valence-corrected chi connectivity index (χ2v) is 3.64. The summed E-state index contributed by atoms with van der Waals surface area (Å²) in [6, 6.07) is 0. The summed E-state index contributed by atoms with van der Waals surface area (Å²) >= 11 is 0. The fraction of sp³-hybridized carbons (Fsp3) is 1.00. The molecule has 1 fully saturated rings. The molecule has 0 atom stereocenters. The number of unbranched alkanes of at least 4 members (excludes halogenated alkanes) is 1. The van der Waals surface area contributed by atoms with E-state index in [0.29, 0.717) is 0 Å². The van der Waals surface area contributed by atoms with Gasteiger partial charge in [-0.2, -0.15) is 0 Å². The van der Waals surface area contributed by atoms with Crippen LogP contribution in [0.3, 0.4) is 0 Å². The standard InChI is InChI=1S/C9H19NO/c1-2-3-7-10(11)8-5-4-6-9-10/h2-9H2,1H3. The number of hydroxylamine groups is 3. The van der Waals surface area contributed by atoms with Gasteiger partial charge in [-0.3, -0.25) is 0 Å². The van der Waals surface area contributed by atoms with Gasteiger partial charge in [0.15, 0.2) is 0 Å². The molecule has 0 aromatic carbocycles. The van der Waals surface area contributed by atoms with Gasteiger partial charge in [-0.25, -0.2) is 0 Å². The number of hydrogen-bond donors (Lipinski definition) is 0. The average Bonchev–Trinajstić information content (AvgIpc) is 2.03. The Balaban J connectivity index is 2.25. The lowest BCUT2D eigenvalue weighted by Crippen LogP contribution is -2.46. The summed E-state index contributed by atoms with van der Waals surface area (Å²) in [4.78, 5) is 0. The van der Waals surface area contributed by atoms with Gasteiger partial charge < -0.3 is 9.85 Å². The van der Waals surface area contributed by atoms with Crippen LogP contribution in [0.2, 0.25) is 0 Å². The molecule has 2 heteroatoms. The lowest BCUT2D eigenvalue weighted by Gasteiger charge is -2.45. The van der Waals surface area contributed by atoms with Crippen molar-refractivity contribution in [2.75, 3.05) is 19.6 Å². The van der Waals surface area contributed by atoms with E-state index in [-0.39, 0.29) is 4.65 Å². The highest BCUT2D eigenvalue weighted by atomic mass is 16.5. The molecule has 0 saturated carbocycles. The molecule has 2 nitrogen and oxygen atoms in total. The van der Waals surface area contributed by atoms with Crippen LogP contribution in [0.5, 0.6) is 0 Å². The molecular formula is C9H19NO. The van der Waals surface area contributed by atoms with Crippen LogP contribution in [0, 0.1) is 5.21 Å². The minimum absolute atomic E-state index is 0.105. The maximum Gasteiger partial charge on any atom is 0.0783 e. The Morgan fingerprint density at radius 3 is 2.36 bits per heavy atom. The Kier molecular flexibility index (Phi) is 3.34. The van der Waals surface area contributed by atoms with Crippen LogP contribution in [0.4, 0.5) is 0 Å². The van der Waals surface area contributed by atoms with Crippen molar-refractivity contribution >= 4 is 0 Å². The minimum Gasteiger partial charge on any atom is -0.633 e. The van der Waals surface area contributed by atoms with E-state index < -0.39 is 0 Å². The molecule has 0 bridgehead atoms. The molecule has 1 rings (SSSR count). The first-order valence-corrected chi connectivity index (χ1v) is 4.84. The van der Waals surface area contributed by atoms with Crippen LogP contribution in [-0.2, 0) is 0 Å². The molecule has 1 aliphatic rings. The molecular weight excluding hydrogens is 138 g/mol. The highest BCUT2D eigenvalue weighted by Gasteiger charge is 2.19. The fourth-order valence-corrected chi connectivity index (χ4v) is 1.76. The Labute approximate surface area is 69.4 Å². The molecule has 0 aromatic rings. The summed E-state index contributed by atoms with van der Waals surface area (Å²) in [6.45, 7) is 4.76. The van der Waals surface area contributed by atoms with Crippen molar-refractivity contribution in [1.82, 2.24) is 0 Å². The quantitative estimate of drug-likeness (QED) is 0.455. The first kappa shape index (κ1) is 9.01. The molecule has 66 valence electrons. The largest absolute Gasteiger partial charge is 0.633 e. The molecule has 0 spiro atoms. The minimum atomic E-state index is 0.105. The Bertz CT molecular complexity index is 108. The Morgan fingerprint density at radius 2 is 1.82 bits per heavy atom.